The zero-order chi connectivity index (χ0) is 18.6. The maximum Gasteiger partial charge on any atom is 0.251 e. The van der Waals surface area contributed by atoms with Crippen molar-refractivity contribution >= 4 is 21.6 Å². The Hall–Kier alpha value is -2.34. The van der Waals surface area contributed by atoms with Gasteiger partial charge in [0.2, 0.25) is 10.0 Å². The summed E-state index contributed by atoms with van der Waals surface area (Å²) in [6.45, 7) is 6.06. The number of amides is 1. The summed E-state index contributed by atoms with van der Waals surface area (Å²) in [7, 11) is -3.33. The summed E-state index contributed by atoms with van der Waals surface area (Å²) < 4.78 is 24.8. The molecule has 0 spiro atoms. The highest BCUT2D eigenvalue weighted by Crippen LogP contribution is 2.19. The molecule has 0 saturated heterocycles. The third kappa shape index (κ3) is 4.82. The van der Waals surface area contributed by atoms with Crippen molar-refractivity contribution in [3.05, 3.63) is 65.2 Å². The largest absolute Gasteiger partial charge is 0.346 e. The van der Waals surface area contributed by atoms with Gasteiger partial charge in [0.1, 0.15) is 0 Å². The number of anilines is 1. The normalized spacial score (nSPS) is 12.5. The first-order valence-corrected chi connectivity index (χ1v) is 10.0. The third-order valence-corrected chi connectivity index (χ3v) is 5.30. The van der Waals surface area contributed by atoms with E-state index in [0.717, 1.165) is 5.56 Å². The minimum absolute atomic E-state index is 0.115. The number of rotatable bonds is 6. The fraction of sp³-hybridized carbons (Fsp3) is 0.316. The molecule has 0 radical (unpaired) electrons. The van der Waals surface area contributed by atoms with Crippen molar-refractivity contribution in [2.75, 3.05) is 17.1 Å². The average Bonchev–Trinajstić information content (AvgIpc) is 2.55. The first-order chi connectivity index (χ1) is 11.7. The molecule has 2 aromatic rings. The van der Waals surface area contributed by atoms with E-state index >= 15 is 0 Å². The van der Waals surface area contributed by atoms with Gasteiger partial charge in [-0.15, -0.1) is 0 Å². The van der Waals surface area contributed by atoms with Gasteiger partial charge in [-0.25, -0.2) is 8.42 Å². The Morgan fingerprint density at radius 2 is 1.64 bits per heavy atom. The molecule has 6 heteroatoms. The Morgan fingerprint density at radius 1 is 1.08 bits per heavy atom. The van der Waals surface area contributed by atoms with Crippen molar-refractivity contribution in [1.29, 1.82) is 0 Å². The summed E-state index contributed by atoms with van der Waals surface area (Å²) in [5, 5.41) is 2.95. The Morgan fingerprint density at radius 3 is 2.12 bits per heavy atom. The Labute approximate surface area is 149 Å². The Kier molecular flexibility index (Phi) is 5.85. The van der Waals surface area contributed by atoms with Crippen LogP contribution >= 0.6 is 0 Å². The van der Waals surface area contributed by atoms with E-state index in [4.69, 9.17) is 0 Å². The molecule has 1 atom stereocenters. The second-order valence-corrected chi connectivity index (χ2v) is 7.99. The quantitative estimate of drug-likeness (QED) is 0.860. The molecule has 0 bridgehead atoms. The number of carbonyl (C=O) groups is 1. The van der Waals surface area contributed by atoms with Crippen LogP contribution in [0.3, 0.4) is 0 Å². The van der Waals surface area contributed by atoms with E-state index in [0.29, 0.717) is 17.8 Å². The first-order valence-electron chi connectivity index (χ1n) is 8.17. The maximum atomic E-state index is 12.4. The van der Waals surface area contributed by atoms with Crippen LogP contribution in [0.1, 0.15) is 41.4 Å². The molecule has 1 N–H and O–H groups in total. The van der Waals surface area contributed by atoms with Crippen LogP contribution < -0.4 is 9.62 Å². The molecule has 0 aliphatic carbocycles. The highest BCUT2D eigenvalue weighted by molar-refractivity contribution is 7.92. The molecule has 0 aliphatic rings. The van der Waals surface area contributed by atoms with Gasteiger partial charge in [0.15, 0.2) is 0 Å². The minimum Gasteiger partial charge on any atom is -0.346 e. The average molecular weight is 360 g/mol. The molecule has 0 fully saturated rings. The molecular weight excluding hydrogens is 336 g/mol. The molecule has 0 heterocycles. The fourth-order valence-corrected chi connectivity index (χ4v) is 3.58. The highest BCUT2D eigenvalue weighted by atomic mass is 32.2. The van der Waals surface area contributed by atoms with Crippen LogP contribution in [0.4, 0.5) is 5.69 Å². The Bertz CT molecular complexity index is 828. The molecular formula is C19H24N2O3S. The van der Waals surface area contributed by atoms with Crippen molar-refractivity contribution in [2.45, 2.75) is 26.8 Å². The van der Waals surface area contributed by atoms with E-state index in [1.54, 1.807) is 31.2 Å². The molecule has 5 nitrogen and oxygen atoms in total. The fourth-order valence-electron chi connectivity index (χ4n) is 2.61. The number of carbonyl (C=O) groups excluding carboxylic acids is 1. The molecule has 1 unspecified atom stereocenters. The summed E-state index contributed by atoms with van der Waals surface area (Å²) in [4.78, 5) is 12.4. The number of aryl methyl sites for hydroxylation is 1. The lowest BCUT2D eigenvalue weighted by molar-refractivity contribution is 0.0940. The topological polar surface area (TPSA) is 66.5 Å². The van der Waals surface area contributed by atoms with Gasteiger partial charge in [-0.05, 0) is 50.6 Å². The second-order valence-electron chi connectivity index (χ2n) is 6.08. The van der Waals surface area contributed by atoms with Gasteiger partial charge >= 0.3 is 0 Å². The van der Waals surface area contributed by atoms with Gasteiger partial charge < -0.3 is 5.32 Å². The van der Waals surface area contributed by atoms with Crippen LogP contribution in [0.15, 0.2) is 48.5 Å². The minimum atomic E-state index is -3.33. The van der Waals surface area contributed by atoms with E-state index < -0.39 is 10.0 Å². The highest BCUT2D eigenvalue weighted by Gasteiger charge is 2.16. The summed E-state index contributed by atoms with van der Waals surface area (Å²) in [5.41, 5.74) is 3.24. The van der Waals surface area contributed by atoms with Crippen molar-refractivity contribution in [3.63, 3.8) is 0 Å². The van der Waals surface area contributed by atoms with E-state index in [-0.39, 0.29) is 11.9 Å². The number of sulfonamides is 1. The number of hydrogen-bond donors (Lipinski definition) is 1. The van der Waals surface area contributed by atoms with Crippen LogP contribution in [-0.2, 0) is 10.0 Å². The van der Waals surface area contributed by atoms with Crippen molar-refractivity contribution < 1.29 is 13.2 Å². The Balaban J connectivity index is 2.11. The van der Waals surface area contributed by atoms with Crippen LogP contribution in [0.2, 0.25) is 0 Å². The lowest BCUT2D eigenvalue weighted by atomic mass is 10.1. The summed E-state index contributed by atoms with van der Waals surface area (Å²) in [5.74, 6) is -0.193. The van der Waals surface area contributed by atoms with Crippen molar-refractivity contribution in [2.24, 2.45) is 0 Å². The predicted octanol–water partition coefficient (Wildman–Crippen LogP) is 3.27. The van der Waals surface area contributed by atoms with Gasteiger partial charge in [0.05, 0.1) is 18.0 Å². The maximum absolute atomic E-state index is 12.4. The standard InChI is InChI=1S/C19H24N2O3S/c1-5-21(25(4,23)24)18-12-10-17(11-13-18)19(22)20-15(3)16-8-6-14(2)7-9-16/h6-13,15H,5H2,1-4H3,(H,20,22). The predicted molar refractivity (Wildman–Crippen MR) is 101 cm³/mol. The number of nitrogens with zero attached hydrogens (tertiary/aromatic N) is 1. The van der Waals surface area contributed by atoms with Gasteiger partial charge in [-0.3, -0.25) is 9.10 Å². The molecule has 1 amide bonds. The van der Waals surface area contributed by atoms with Crippen LogP contribution in [-0.4, -0.2) is 27.1 Å². The molecule has 25 heavy (non-hydrogen) atoms. The molecule has 2 aromatic carbocycles. The van der Waals surface area contributed by atoms with Crippen LogP contribution in [0, 0.1) is 6.92 Å². The van der Waals surface area contributed by atoms with Crippen molar-refractivity contribution in [3.8, 4) is 0 Å². The van der Waals surface area contributed by atoms with Crippen molar-refractivity contribution in [1.82, 2.24) is 5.32 Å². The SMILES string of the molecule is CCN(c1ccc(C(=O)NC(C)c2ccc(C)cc2)cc1)S(C)(=O)=O. The van der Waals surface area contributed by atoms with E-state index in [2.05, 4.69) is 5.32 Å². The number of nitrogens with one attached hydrogen (secondary N) is 1. The van der Waals surface area contributed by atoms with Gasteiger partial charge in [0, 0.05) is 12.1 Å². The summed E-state index contributed by atoms with van der Waals surface area (Å²) in [6.07, 6.45) is 1.17. The van der Waals surface area contributed by atoms with Crippen LogP contribution in [0.25, 0.3) is 0 Å². The number of benzene rings is 2. The van der Waals surface area contributed by atoms with Gasteiger partial charge in [-0.2, -0.15) is 0 Å². The monoisotopic (exact) mass is 360 g/mol. The molecule has 0 aromatic heterocycles. The molecule has 2 rings (SSSR count). The first kappa shape index (κ1) is 19.0. The zero-order valence-corrected chi connectivity index (χ0v) is 15.8. The second kappa shape index (κ2) is 7.70. The zero-order valence-electron chi connectivity index (χ0n) is 15.0. The molecule has 0 saturated carbocycles. The van der Waals surface area contributed by atoms with Crippen LogP contribution in [0.5, 0.6) is 0 Å². The lowest BCUT2D eigenvalue weighted by Crippen LogP contribution is -2.29. The summed E-state index contributed by atoms with van der Waals surface area (Å²) >= 11 is 0. The smallest absolute Gasteiger partial charge is 0.251 e. The lowest BCUT2D eigenvalue weighted by Gasteiger charge is -2.20. The van der Waals surface area contributed by atoms with E-state index in [9.17, 15) is 13.2 Å². The molecule has 134 valence electrons. The number of hydrogen-bond acceptors (Lipinski definition) is 3. The van der Waals surface area contributed by atoms with E-state index in [1.807, 2.05) is 38.1 Å². The van der Waals surface area contributed by atoms with Gasteiger partial charge in [0.25, 0.3) is 5.91 Å². The van der Waals surface area contributed by atoms with Gasteiger partial charge in [-0.1, -0.05) is 29.8 Å². The molecule has 0 aliphatic heterocycles. The third-order valence-electron chi connectivity index (χ3n) is 4.03. The summed E-state index contributed by atoms with van der Waals surface area (Å²) in [6, 6.07) is 14.5. The van der Waals surface area contributed by atoms with E-state index in [1.165, 1.54) is 16.1 Å².